The second kappa shape index (κ2) is 18.4. The van der Waals surface area contributed by atoms with Crippen molar-refractivity contribution in [3.05, 3.63) is 30.3 Å². The van der Waals surface area contributed by atoms with Crippen molar-refractivity contribution >= 4 is 9.84 Å². The van der Waals surface area contributed by atoms with E-state index in [2.05, 4.69) is 48.5 Å². The summed E-state index contributed by atoms with van der Waals surface area (Å²) < 4.78 is 27.3. The summed E-state index contributed by atoms with van der Waals surface area (Å²) in [6.45, 7) is 16.3. The molecule has 6 atom stereocenters. The average Bonchev–Trinajstić information content (AvgIpc) is 2.81. The van der Waals surface area contributed by atoms with Gasteiger partial charge in [-0.25, -0.2) is 8.42 Å². The SMILES string of the molecule is CCCCCC[C@@H](C)CCCC(C[C@H](C)C[C@@H](C)C[C@H](C)C[C@@H](C)CCC)S(=O)(=O)c1ccccc1. The first-order valence-corrected chi connectivity index (χ1v) is 16.9. The van der Waals surface area contributed by atoms with Crippen LogP contribution in [0.5, 0.6) is 0 Å². The van der Waals surface area contributed by atoms with Gasteiger partial charge in [0.2, 0.25) is 0 Å². The molecule has 1 aromatic rings. The zero-order valence-electron chi connectivity index (χ0n) is 25.0. The predicted octanol–water partition coefficient (Wildman–Crippen LogP) is 10.5. The molecule has 0 aromatic heterocycles. The van der Waals surface area contributed by atoms with Crippen molar-refractivity contribution in [3.63, 3.8) is 0 Å². The first kappa shape index (κ1) is 33.2. The maximum Gasteiger partial charge on any atom is 0.181 e. The van der Waals surface area contributed by atoms with E-state index in [0.717, 1.165) is 43.9 Å². The van der Waals surface area contributed by atoms with Crippen molar-refractivity contribution in [1.29, 1.82) is 0 Å². The Bertz CT molecular complexity index is 757. The third-order valence-corrected chi connectivity index (χ3v) is 10.4. The highest BCUT2D eigenvalue weighted by atomic mass is 32.2. The Hall–Kier alpha value is -0.830. The highest BCUT2D eigenvalue weighted by Gasteiger charge is 2.29. The van der Waals surface area contributed by atoms with Gasteiger partial charge in [0.25, 0.3) is 0 Å². The highest BCUT2D eigenvalue weighted by molar-refractivity contribution is 7.92. The van der Waals surface area contributed by atoms with E-state index < -0.39 is 9.84 Å². The fourth-order valence-electron chi connectivity index (χ4n) is 6.37. The van der Waals surface area contributed by atoms with Gasteiger partial charge in [0.05, 0.1) is 10.1 Å². The molecule has 0 amide bonds. The van der Waals surface area contributed by atoms with Gasteiger partial charge in [0.1, 0.15) is 0 Å². The van der Waals surface area contributed by atoms with Crippen LogP contribution in [0.2, 0.25) is 0 Å². The summed E-state index contributed by atoms with van der Waals surface area (Å²) in [5, 5.41) is -0.267. The van der Waals surface area contributed by atoms with E-state index in [-0.39, 0.29) is 5.25 Å². The maximum absolute atomic E-state index is 13.6. The van der Waals surface area contributed by atoms with Crippen LogP contribution in [0.4, 0.5) is 0 Å². The first-order valence-electron chi connectivity index (χ1n) is 15.4. The quantitative estimate of drug-likeness (QED) is 0.151. The minimum atomic E-state index is -3.30. The van der Waals surface area contributed by atoms with Gasteiger partial charge in [-0.2, -0.15) is 0 Å². The van der Waals surface area contributed by atoms with E-state index in [4.69, 9.17) is 0 Å². The fourth-order valence-corrected chi connectivity index (χ4v) is 8.35. The van der Waals surface area contributed by atoms with Gasteiger partial charge in [-0.1, -0.05) is 124 Å². The van der Waals surface area contributed by atoms with Crippen LogP contribution in [0.3, 0.4) is 0 Å². The molecule has 36 heavy (non-hydrogen) atoms. The summed E-state index contributed by atoms with van der Waals surface area (Å²) in [6, 6.07) is 9.18. The standard InChI is InChI=1S/C33H60O2S/c1-8-10-11-13-18-27(3)19-16-22-33(36(34,35)32-20-14-12-15-21-32)26-31(7)25-30(6)24-29(5)23-28(4)17-9-2/h12,14-15,20-21,27-31,33H,8-11,13,16-19,22-26H2,1-7H3/t27-,28+,29-,30+,31-,33?/m1/s1. The van der Waals surface area contributed by atoms with Crippen molar-refractivity contribution in [2.45, 2.75) is 149 Å². The molecule has 0 fully saturated rings. The number of benzene rings is 1. The lowest BCUT2D eigenvalue weighted by molar-refractivity contribution is 0.293. The summed E-state index contributed by atoms with van der Waals surface area (Å²) in [5.74, 6) is 3.32. The summed E-state index contributed by atoms with van der Waals surface area (Å²) in [5.41, 5.74) is 0. The largest absolute Gasteiger partial charge is 0.223 e. The second-order valence-corrected chi connectivity index (χ2v) is 14.7. The van der Waals surface area contributed by atoms with Crippen LogP contribution in [-0.4, -0.2) is 13.7 Å². The lowest BCUT2D eigenvalue weighted by Crippen LogP contribution is -2.25. The molecular formula is C33H60O2S. The molecule has 1 unspecified atom stereocenters. The van der Waals surface area contributed by atoms with E-state index in [0.29, 0.717) is 22.6 Å². The van der Waals surface area contributed by atoms with Gasteiger partial charge >= 0.3 is 0 Å². The molecule has 1 aromatic carbocycles. The molecule has 210 valence electrons. The molecule has 0 bridgehead atoms. The highest BCUT2D eigenvalue weighted by Crippen LogP contribution is 2.31. The van der Waals surface area contributed by atoms with Gasteiger partial charge < -0.3 is 0 Å². The Morgan fingerprint density at radius 1 is 0.556 bits per heavy atom. The van der Waals surface area contributed by atoms with Crippen LogP contribution in [0.15, 0.2) is 35.2 Å². The smallest absolute Gasteiger partial charge is 0.181 e. The van der Waals surface area contributed by atoms with Crippen LogP contribution >= 0.6 is 0 Å². The number of sulfone groups is 1. The van der Waals surface area contributed by atoms with E-state index >= 15 is 0 Å². The zero-order chi connectivity index (χ0) is 27.0. The molecule has 3 heteroatoms. The average molecular weight is 521 g/mol. The number of rotatable bonds is 21. The third-order valence-electron chi connectivity index (χ3n) is 8.15. The van der Waals surface area contributed by atoms with E-state index in [1.807, 2.05) is 18.2 Å². The van der Waals surface area contributed by atoms with Crippen molar-refractivity contribution in [2.24, 2.45) is 29.6 Å². The number of hydrogen-bond donors (Lipinski definition) is 0. The molecule has 0 N–H and O–H groups in total. The Labute approximate surface area is 226 Å². The Morgan fingerprint density at radius 3 is 1.69 bits per heavy atom. The van der Waals surface area contributed by atoms with E-state index in [1.54, 1.807) is 12.1 Å². The minimum Gasteiger partial charge on any atom is -0.223 e. The van der Waals surface area contributed by atoms with Crippen molar-refractivity contribution < 1.29 is 8.42 Å². The summed E-state index contributed by atoms with van der Waals surface area (Å²) in [6.07, 6.45) is 16.6. The Morgan fingerprint density at radius 2 is 1.11 bits per heavy atom. The number of hydrogen-bond acceptors (Lipinski definition) is 2. The van der Waals surface area contributed by atoms with E-state index in [1.165, 1.54) is 57.8 Å². The Balaban J connectivity index is 2.71. The molecule has 0 radical (unpaired) electrons. The van der Waals surface area contributed by atoms with Gasteiger partial charge in [0, 0.05) is 0 Å². The normalized spacial score (nSPS) is 17.3. The van der Waals surface area contributed by atoms with Gasteiger partial charge in [0.15, 0.2) is 9.84 Å². The first-order chi connectivity index (χ1) is 17.1. The lowest BCUT2D eigenvalue weighted by Gasteiger charge is -2.26. The Kier molecular flexibility index (Phi) is 17.0. The molecule has 1 rings (SSSR count). The molecule has 0 aliphatic heterocycles. The maximum atomic E-state index is 13.6. The third kappa shape index (κ3) is 13.6. The van der Waals surface area contributed by atoms with Crippen LogP contribution in [0.25, 0.3) is 0 Å². The second-order valence-electron chi connectivity index (χ2n) is 12.5. The lowest BCUT2D eigenvalue weighted by atomic mass is 9.83. The summed E-state index contributed by atoms with van der Waals surface area (Å²) in [4.78, 5) is 0.501. The fraction of sp³-hybridized carbons (Fsp3) is 0.818. The molecule has 2 nitrogen and oxygen atoms in total. The minimum absolute atomic E-state index is 0.267. The molecule has 0 saturated carbocycles. The molecule has 0 heterocycles. The predicted molar refractivity (Wildman–Crippen MR) is 159 cm³/mol. The number of unbranched alkanes of at least 4 members (excludes halogenated alkanes) is 3. The molecular weight excluding hydrogens is 460 g/mol. The zero-order valence-corrected chi connectivity index (χ0v) is 25.8. The molecule has 0 spiro atoms. The summed E-state index contributed by atoms with van der Waals surface area (Å²) in [7, 11) is -3.30. The van der Waals surface area contributed by atoms with E-state index in [9.17, 15) is 8.42 Å². The van der Waals surface area contributed by atoms with Crippen LogP contribution in [-0.2, 0) is 9.84 Å². The van der Waals surface area contributed by atoms with Gasteiger partial charge in [-0.3, -0.25) is 0 Å². The summed E-state index contributed by atoms with van der Waals surface area (Å²) >= 11 is 0. The van der Waals surface area contributed by atoms with Crippen LogP contribution in [0, 0.1) is 29.6 Å². The van der Waals surface area contributed by atoms with Gasteiger partial charge in [-0.05, 0) is 73.8 Å². The monoisotopic (exact) mass is 520 g/mol. The van der Waals surface area contributed by atoms with Crippen LogP contribution in [0.1, 0.15) is 138 Å². The molecule has 0 aliphatic rings. The van der Waals surface area contributed by atoms with Crippen molar-refractivity contribution in [3.8, 4) is 0 Å². The van der Waals surface area contributed by atoms with Crippen molar-refractivity contribution in [1.82, 2.24) is 0 Å². The topological polar surface area (TPSA) is 34.1 Å². The molecule has 0 saturated heterocycles. The molecule has 0 aliphatic carbocycles. The van der Waals surface area contributed by atoms with Crippen molar-refractivity contribution in [2.75, 3.05) is 0 Å². The van der Waals surface area contributed by atoms with Gasteiger partial charge in [-0.15, -0.1) is 0 Å². The van der Waals surface area contributed by atoms with Crippen LogP contribution < -0.4 is 0 Å².